The molecule has 1 aliphatic rings. The highest BCUT2D eigenvalue weighted by atomic mass is 79.9. The molecule has 25 heavy (non-hydrogen) atoms. The van der Waals surface area contributed by atoms with Crippen LogP contribution < -0.4 is 0 Å². The fraction of sp³-hybridized carbons (Fsp3) is 0.353. The van der Waals surface area contributed by atoms with E-state index in [-0.39, 0.29) is 18.4 Å². The Morgan fingerprint density at radius 1 is 1.24 bits per heavy atom. The molecule has 0 aliphatic carbocycles. The van der Waals surface area contributed by atoms with Crippen LogP contribution in [0.25, 0.3) is 5.69 Å². The summed E-state index contributed by atoms with van der Waals surface area (Å²) in [6, 6.07) is 7.62. The molecule has 0 unspecified atom stereocenters. The number of nitrogens with zero attached hydrogens (tertiary/aromatic N) is 4. The van der Waals surface area contributed by atoms with E-state index in [9.17, 15) is 9.59 Å². The fourth-order valence-electron chi connectivity index (χ4n) is 2.58. The zero-order chi connectivity index (χ0) is 17.8. The second-order valence-electron chi connectivity index (χ2n) is 5.80. The highest BCUT2D eigenvalue weighted by Crippen LogP contribution is 2.14. The average Bonchev–Trinajstić information content (AvgIpc) is 3.12. The van der Waals surface area contributed by atoms with Crippen molar-refractivity contribution in [3.8, 4) is 5.69 Å². The lowest BCUT2D eigenvalue weighted by Gasteiger charge is -2.28. The number of carbonyl (C=O) groups is 2. The van der Waals surface area contributed by atoms with Crippen LogP contribution in [0.15, 0.2) is 41.1 Å². The van der Waals surface area contributed by atoms with E-state index in [4.69, 9.17) is 4.74 Å². The molecule has 0 bridgehead atoms. The van der Waals surface area contributed by atoms with Crippen LogP contribution in [0.1, 0.15) is 10.4 Å². The summed E-state index contributed by atoms with van der Waals surface area (Å²) in [6.45, 7) is 2.28. The minimum absolute atomic E-state index is 0.0439. The molecule has 1 aromatic heterocycles. The minimum atomic E-state index is -0.232. The molecule has 7 nitrogen and oxygen atoms in total. The zero-order valence-electron chi connectivity index (χ0n) is 13.9. The third-order valence-electron chi connectivity index (χ3n) is 4.00. The lowest BCUT2D eigenvalue weighted by Crippen LogP contribution is -2.46. The van der Waals surface area contributed by atoms with Gasteiger partial charge in [-0.3, -0.25) is 9.59 Å². The number of benzene rings is 1. The highest BCUT2D eigenvalue weighted by molar-refractivity contribution is 9.10. The first kappa shape index (κ1) is 17.6. The predicted molar refractivity (Wildman–Crippen MR) is 95.6 cm³/mol. The minimum Gasteiger partial charge on any atom is -0.378 e. The van der Waals surface area contributed by atoms with Gasteiger partial charge >= 0.3 is 0 Å². The first-order valence-corrected chi connectivity index (χ1v) is 8.75. The molecule has 1 aromatic carbocycles. The molecule has 1 fully saturated rings. The molecule has 2 heterocycles. The number of rotatable bonds is 4. The number of carbonyl (C=O) groups excluding carboxylic acids is 2. The monoisotopic (exact) mass is 406 g/mol. The van der Waals surface area contributed by atoms with Gasteiger partial charge in [0.15, 0.2) is 0 Å². The Morgan fingerprint density at radius 3 is 2.60 bits per heavy atom. The summed E-state index contributed by atoms with van der Waals surface area (Å²) in [5.74, 6) is -0.301. The number of aromatic nitrogens is 2. The first-order chi connectivity index (χ1) is 12.0. The van der Waals surface area contributed by atoms with Crippen molar-refractivity contribution in [3.63, 3.8) is 0 Å². The van der Waals surface area contributed by atoms with Gasteiger partial charge in [0.25, 0.3) is 5.91 Å². The summed E-state index contributed by atoms with van der Waals surface area (Å²) in [7, 11) is 1.62. The number of hydrogen-bond donors (Lipinski definition) is 0. The molecule has 0 spiro atoms. The van der Waals surface area contributed by atoms with Crippen LogP contribution in [0, 0.1) is 0 Å². The normalized spacial score (nSPS) is 14.4. The van der Waals surface area contributed by atoms with E-state index in [0.29, 0.717) is 31.9 Å². The zero-order valence-corrected chi connectivity index (χ0v) is 15.5. The summed E-state index contributed by atoms with van der Waals surface area (Å²) in [6.07, 6.45) is 3.18. The standard InChI is InChI=1S/C17H19BrN4O3/c1-20(12-16(23)21-6-8-25-9-7-21)17(24)13-10-19-22(11-13)15-4-2-14(18)3-5-15/h2-5,10-11H,6-9,12H2,1H3. The second kappa shape index (κ2) is 7.79. The number of likely N-dealkylation sites (N-methyl/N-ethyl adjacent to an activating group) is 1. The molecule has 3 rings (SSSR count). The van der Waals surface area contributed by atoms with Crippen LogP contribution in [0.3, 0.4) is 0 Å². The van der Waals surface area contributed by atoms with E-state index < -0.39 is 0 Å². The molecular weight excluding hydrogens is 388 g/mol. The molecule has 0 radical (unpaired) electrons. The van der Waals surface area contributed by atoms with Gasteiger partial charge in [0.1, 0.15) is 0 Å². The fourth-order valence-corrected chi connectivity index (χ4v) is 2.84. The van der Waals surface area contributed by atoms with E-state index in [2.05, 4.69) is 21.0 Å². The van der Waals surface area contributed by atoms with Crippen molar-refractivity contribution in [1.29, 1.82) is 0 Å². The molecular formula is C17H19BrN4O3. The molecule has 0 atom stereocenters. The lowest BCUT2D eigenvalue weighted by molar-refractivity contribution is -0.135. The first-order valence-electron chi connectivity index (χ1n) is 7.96. The molecule has 0 N–H and O–H groups in total. The van der Waals surface area contributed by atoms with Gasteiger partial charge in [-0.25, -0.2) is 4.68 Å². The van der Waals surface area contributed by atoms with Crippen LogP contribution in [-0.2, 0) is 9.53 Å². The van der Waals surface area contributed by atoms with E-state index in [1.165, 1.54) is 11.1 Å². The summed E-state index contributed by atoms with van der Waals surface area (Å²) in [4.78, 5) is 27.9. The molecule has 2 amide bonds. The second-order valence-corrected chi connectivity index (χ2v) is 6.72. The Balaban J connectivity index is 1.64. The summed E-state index contributed by atoms with van der Waals surface area (Å²) in [5.41, 5.74) is 1.30. The van der Waals surface area contributed by atoms with Gasteiger partial charge in [-0.2, -0.15) is 5.10 Å². The number of morpholine rings is 1. The Bertz CT molecular complexity index is 754. The Morgan fingerprint density at radius 2 is 1.92 bits per heavy atom. The molecule has 8 heteroatoms. The predicted octanol–water partition coefficient (Wildman–Crippen LogP) is 1.57. The highest BCUT2D eigenvalue weighted by Gasteiger charge is 2.22. The topological polar surface area (TPSA) is 67.7 Å². The van der Waals surface area contributed by atoms with Crippen molar-refractivity contribution >= 4 is 27.7 Å². The SMILES string of the molecule is CN(CC(=O)N1CCOCC1)C(=O)c1cnn(-c2ccc(Br)cc2)c1. The third-order valence-corrected chi connectivity index (χ3v) is 4.53. The van der Waals surface area contributed by atoms with Crippen LogP contribution >= 0.6 is 15.9 Å². The van der Waals surface area contributed by atoms with Gasteiger partial charge in [0.05, 0.1) is 37.2 Å². The van der Waals surface area contributed by atoms with Crippen LogP contribution in [-0.4, -0.2) is 71.3 Å². The Labute approximate surface area is 154 Å². The van der Waals surface area contributed by atoms with E-state index in [1.54, 1.807) is 22.8 Å². The number of amides is 2. The third kappa shape index (κ3) is 4.26. The molecule has 1 saturated heterocycles. The van der Waals surface area contributed by atoms with Crippen LogP contribution in [0.2, 0.25) is 0 Å². The number of ether oxygens (including phenoxy) is 1. The molecule has 1 aliphatic heterocycles. The quantitative estimate of drug-likeness (QED) is 0.772. The van der Waals surface area contributed by atoms with Gasteiger partial charge in [0, 0.05) is 30.8 Å². The van der Waals surface area contributed by atoms with Crippen LogP contribution in [0.4, 0.5) is 0 Å². The number of hydrogen-bond acceptors (Lipinski definition) is 4. The van der Waals surface area contributed by atoms with E-state index in [0.717, 1.165) is 10.2 Å². The summed E-state index contributed by atoms with van der Waals surface area (Å²) in [5, 5.41) is 4.23. The molecule has 132 valence electrons. The molecule has 2 aromatic rings. The summed E-state index contributed by atoms with van der Waals surface area (Å²) >= 11 is 3.39. The maximum Gasteiger partial charge on any atom is 0.257 e. The van der Waals surface area contributed by atoms with Crippen molar-refractivity contribution in [1.82, 2.24) is 19.6 Å². The van der Waals surface area contributed by atoms with Crippen molar-refractivity contribution in [2.24, 2.45) is 0 Å². The maximum atomic E-state index is 12.5. The van der Waals surface area contributed by atoms with Crippen LogP contribution in [0.5, 0.6) is 0 Å². The molecule has 0 saturated carbocycles. The van der Waals surface area contributed by atoms with Crippen molar-refractivity contribution in [2.45, 2.75) is 0 Å². The largest absolute Gasteiger partial charge is 0.378 e. The smallest absolute Gasteiger partial charge is 0.257 e. The van der Waals surface area contributed by atoms with Gasteiger partial charge < -0.3 is 14.5 Å². The van der Waals surface area contributed by atoms with Crippen molar-refractivity contribution < 1.29 is 14.3 Å². The maximum absolute atomic E-state index is 12.5. The van der Waals surface area contributed by atoms with Crippen molar-refractivity contribution in [3.05, 3.63) is 46.7 Å². The lowest BCUT2D eigenvalue weighted by atomic mass is 10.3. The van der Waals surface area contributed by atoms with E-state index >= 15 is 0 Å². The van der Waals surface area contributed by atoms with Gasteiger partial charge in [0.2, 0.25) is 5.91 Å². The number of halogens is 1. The van der Waals surface area contributed by atoms with Gasteiger partial charge in [-0.05, 0) is 24.3 Å². The average molecular weight is 407 g/mol. The Hall–Kier alpha value is -2.19. The van der Waals surface area contributed by atoms with Crippen molar-refractivity contribution in [2.75, 3.05) is 39.9 Å². The summed E-state index contributed by atoms with van der Waals surface area (Å²) < 4.78 is 7.84. The van der Waals surface area contributed by atoms with Gasteiger partial charge in [-0.1, -0.05) is 15.9 Å². The Kier molecular flexibility index (Phi) is 5.50. The van der Waals surface area contributed by atoms with E-state index in [1.807, 2.05) is 24.3 Å². The van der Waals surface area contributed by atoms with Gasteiger partial charge in [-0.15, -0.1) is 0 Å².